The fourth-order valence-electron chi connectivity index (χ4n) is 1.76. The van der Waals surface area contributed by atoms with Crippen molar-refractivity contribution in [1.82, 2.24) is 5.32 Å². The summed E-state index contributed by atoms with van der Waals surface area (Å²) in [7, 11) is 0. The van der Waals surface area contributed by atoms with Crippen molar-refractivity contribution in [2.75, 3.05) is 6.54 Å². The molecule has 0 aliphatic heterocycles. The van der Waals surface area contributed by atoms with E-state index in [1.807, 2.05) is 0 Å². The Bertz CT molecular complexity index is 201. The molecule has 3 nitrogen and oxygen atoms in total. The second-order valence-electron chi connectivity index (χ2n) is 4.55. The molecule has 14 heavy (non-hydrogen) atoms. The molecule has 1 aliphatic rings. The average molecular weight is 198 g/mol. The molecule has 1 unspecified atom stereocenters. The average Bonchev–Trinajstić information content (AvgIpc) is 2.97. The molecule has 0 aromatic rings. The lowest BCUT2D eigenvalue weighted by Crippen LogP contribution is -2.53. The first-order valence-corrected chi connectivity index (χ1v) is 5.63. The molecular formula is C11H22N2O. The largest absolute Gasteiger partial charge is 0.349 e. The first-order valence-electron chi connectivity index (χ1n) is 5.63. The second kappa shape index (κ2) is 4.78. The Morgan fingerprint density at radius 2 is 2.21 bits per heavy atom. The van der Waals surface area contributed by atoms with Gasteiger partial charge in [0, 0.05) is 13.0 Å². The quantitative estimate of drug-likeness (QED) is 0.678. The van der Waals surface area contributed by atoms with Crippen LogP contribution in [0, 0.1) is 5.92 Å². The van der Waals surface area contributed by atoms with Crippen molar-refractivity contribution >= 4 is 5.91 Å². The van der Waals surface area contributed by atoms with Crippen molar-refractivity contribution in [2.45, 2.75) is 51.5 Å². The van der Waals surface area contributed by atoms with Crippen LogP contribution >= 0.6 is 0 Å². The highest BCUT2D eigenvalue weighted by Crippen LogP contribution is 2.38. The van der Waals surface area contributed by atoms with Crippen molar-refractivity contribution < 1.29 is 4.79 Å². The number of carbonyl (C=O) groups is 1. The Labute approximate surface area is 86.4 Å². The molecular weight excluding hydrogens is 176 g/mol. The van der Waals surface area contributed by atoms with E-state index in [4.69, 9.17) is 5.73 Å². The van der Waals surface area contributed by atoms with Crippen molar-refractivity contribution in [2.24, 2.45) is 11.7 Å². The third kappa shape index (κ3) is 2.98. The smallest absolute Gasteiger partial charge is 0.220 e. The molecule has 0 spiro atoms. The molecule has 3 N–H and O–H groups in total. The number of carbonyl (C=O) groups excluding carboxylic acids is 1. The van der Waals surface area contributed by atoms with Crippen molar-refractivity contribution in [1.29, 1.82) is 0 Å². The predicted molar refractivity (Wildman–Crippen MR) is 57.9 cm³/mol. The molecule has 1 saturated carbocycles. The maximum Gasteiger partial charge on any atom is 0.220 e. The maximum absolute atomic E-state index is 11.5. The van der Waals surface area contributed by atoms with Gasteiger partial charge in [-0.25, -0.2) is 0 Å². The van der Waals surface area contributed by atoms with Crippen LogP contribution in [0.5, 0.6) is 0 Å². The Hall–Kier alpha value is -0.570. The zero-order valence-corrected chi connectivity index (χ0v) is 9.31. The van der Waals surface area contributed by atoms with Crippen LogP contribution in [-0.2, 0) is 4.79 Å². The molecule has 0 heterocycles. The number of amides is 1. The van der Waals surface area contributed by atoms with E-state index in [-0.39, 0.29) is 11.4 Å². The molecule has 1 fully saturated rings. The summed E-state index contributed by atoms with van der Waals surface area (Å²) in [5, 5.41) is 3.08. The van der Waals surface area contributed by atoms with Crippen LogP contribution in [0.1, 0.15) is 46.0 Å². The van der Waals surface area contributed by atoms with E-state index in [2.05, 4.69) is 19.2 Å². The molecule has 1 rings (SSSR count). The molecule has 0 aromatic heterocycles. The number of nitrogens with one attached hydrogen (secondary N) is 1. The van der Waals surface area contributed by atoms with Gasteiger partial charge in [-0.1, -0.05) is 13.3 Å². The summed E-state index contributed by atoms with van der Waals surface area (Å²) in [6.45, 7) is 4.71. The molecule has 82 valence electrons. The van der Waals surface area contributed by atoms with Crippen LogP contribution in [0.4, 0.5) is 0 Å². The van der Waals surface area contributed by atoms with Crippen molar-refractivity contribution in [3.05, 3.63) is 0 Å². The zero-order valence-electron chi connectivity index (χ0n) is 9.31. The summed E-state index contributed by atoms with van der Waals surface area (Å²) in [6.07, 6.45) is 5.09. The summed E-state index contributed by atoms with van der Waals surface area (Å²) in [5.41, 5.74) is 5.56. The number of hydrogen-bond acceptors (Lipinski definition) is 2. The lowest BCUT2D eigenvalue weighted by Gasteiger charge is -2.29. The van der Waals surface area contributed by atoms with Gasteiger partial charge in [-0.15, -0.1) is 0 Å². The van der Waals surface area contributed by atoms with Gasteiger partial charge in [-0.05, 0) is 32.1 Å². The Balaban J connectivity index is 2.35. The summed E-state index contributed by atoms with van der Waals surface area (Å²) >= 11 is 0. The molecule has 1 amide bonds. The summed E-state index contributed by atoms with van der Waals surface area (Å²) in [4.78, 5) is 11.5. The Morgan fingerprint density at radius 3 is 2.64 bits per heavy atom. The maximum atomic E-state index is 11.5. The summed E-state index contributed by atoms with van der Waals surface area (Å²) in [5.74, 6) is 0.768. The summed E-state index contributed by atoms with van der Waals surface area (Å²) < 4.78 is 0. The van der Waals surface area contributed by atoms with Gasteiger partial charge in [-0.2, -0.15) is 0 Å². The topological polar surface area (TPSA) is 55.1 Å². The minimum absolute atomic E-state index is 0.148. The van der Waals surface area contributed by atoms with Crippen LogP contribution in [-0.4, -0.2) is 18.0 Å². The van der Waals surface area contributed by atoms with Crippen LogP contribution in [0.15, 0.2) is 0 Å². The van der Waals surface area contributed by atoms with Gasteiger partial charge in [0.2, 0.25) is 5.91 Å². The Kier molecular flexibility index (Phi) is 3.93. The van der Waals surface area contributed by atoms with E-state index >= 15 is 0 Å². The van der Waals surface area contributed by atoms with Crippen molar-refractivity contribution in [3.63, 3.8) is 0 Å². The van der Waals surface area contributed by atoms with E-state index in [1.165, 1.54) is 12.8 Å². The van der Waals surface area contributed by atoms with Gasteiger partial charge in [0.05, 0.1) is 5.54 Å². The highest BCUT2D eigenvalue weighted by molar-refractivity contribution is 5.76. The van der Waals surface area contributed by atoms with Gasteiger partial charge in [-0.3, -0.25) is 4.79 Å². The molecule has 0 bridgehead atoms. The van der Waals surface area contributed by atoms with Gasteiger partial charge in [0.25, 0.3) is 0 Å². The second-order valence-corrected chi connectivity index (χ2v) is 4.55. The Morgan fingerprint density at radius 1 is 1.57 bits per heavy atom. The molecule has 1 aliphatic carbocycles. The highest BCUT2D eigenvalue weighted by atomic mass is 16.1. The van der Waals surface area contributed by atoms with Crippen LogP contribution < -0.4 is 11.1 Å². The van der Waals surface area contributed by atoms with Crippen molar-refractivity contribution in [3.8, 4) is 0 Å². The zero-order chi connectivity index (χ0) is 10.6. The van der Waals surface area contributed by atoms with Gasteiger partial charge >= 0.3 is 0 Å². The van der Waals surface area contributed by atoms with E-state index in [0.29, 0.717) is 18.9 Å². The van der Waals surface area contributed by atoms with Crippen LogP contribution in [0.3, 0.4) is 0 Å². The molecule has 0 aromatic carbocycles. The minimum atomic E-state index is -0.148. The molecule has 3 heteroatoms. The molecule has 1 atom stereocenters. The third-order valence-corrected chi connectivity index (χ3v) is 3.08. The third-order valence-electron chi connectivity index (χ3n) is 3.08. The van der Waals surface area contributed by atoms with E-state index in [9.17, 15) is 4.79 Å². The first-order chi connectivity index (χ1) is 6.62. The van der Waals surface area contributed by atoms with Gasteiger partial charge in [0.15, 0.2) is 0 Å². The minimum Gasteiger partial charge on any atom is -0.349 e. The van der Waals surface area contributed by atoms with Crippen LogP contribution in [0.2, 0.25) is 0 Å². The summed E-state index contributed by atoms with van der Waals surface area (Å²) in [6, 6.07) is 0. The van der Waals surface area contributed by atoms with Crippen LogP contribution in [0.25, 0.3) is 0 Å². The number of nitrogens with two attached hydrogens (primary N) is 1. The van der Waals surface area contributed by atoms with E-state index in [0.717, 1.165) is 12.8 Å². The number of rotatable bonds is 6. The molecule has 0 saturated heterocycles. The fourth-order valence-corrected chi connectivity index (χ4v) is 1.76. The van der Waals surface area contributed by atoms with Gasteiger partial charge < -0.3 is 11.1 Å². The van der Waals surface area contributed by atoms with E-state index < -0.39 is 0 Å². The highest BCUT2D eigenvalue weighted by Gasteiger charge is 2.41. The normalized spacial score (nSPS) is 20.2. The number of unbranched alkanes of at least 4 members (excludes halogenated alkanes) is 1. The van der Waals surface area contributed by atoms with E-state index in [1.54, 1.807) is 0 Å². The predicted octanol–water partition coefficient (Wildman–Crippen LogP) is 1.42. The first kappa shape index (κ1) is 11.5. The lowest BCUT2D eigenvalue weighted by molar-refractivity contribution is -0.123. The lowest BCUT2D eigenvalue weighted by atomic mass is 9.95. The molecule has 0 radical (unpaired) electrons. The van der Waals surface area contributed by atoms with Gasteiger partial charge in [0.1, 0.15) is 0 Å². The monoisotopic (exact) mass is 198 g/mol. The SMILES string of the molecule is CCCCC(=O)NC(C)(CN)C1CC1. The number of hydrogen-bond donors (Lipinski definition) is 2. The standard InChI is InChI=1S/C11H22N2O/c1-3-4-5-10(14)13-11(2,8-12)9-6-7-9/h9H,3-8,12H2,1-2H3,(H,13,14). The fraction of sp³-hybridized carbons (Fsp3) is 0.909.